The van der Waals surface area contributed by atoms with Gasteiger partial charge in [-0.25, -0.2) is 4.79 Å². The summed E-state index contributed by atoms with van der Waals surface area (Å²) in [4.78, 5) is 11.7. The average molecular weight is 267 g/mol. The number of benzene rings is 1. The molecule has 0 heterocycles. The summed E-state index contributed by atoms with van der Waals surface area (Å²) < 4.78 is 0. The van der Waals surface area contributed by atoms with Crippen LogP contribution >= 0.6 is 11.6 Å². The SMILES string of the molecule is Cc1cc(C)c(NC(=O)N/C=C/C(C)C)c(Cl)c1. The zero-order chi connectivity index (χ0) is 13.7. The lowest BCUT2D eigenvalue weighted by Crippen LogP contribution is -2.24. The first-order chi connectivity index (χ1) is 8.40. The summed E-state index contributed by atoms with van der Waals surface area (Å²) in [6.07, 6.45) is 3.54. The number of allylic oxidation sites excluding steroid dienone is 1. The van der Waals surface area contributed by atoms with E-state index in [1.807, 2.05) is 45.9 Å². The van der Waals surface area contributed by atoms with E-state index in [-0.39, 0.29) is 6.03 Å². The van der Waals surface area contributed by atoms with E-state index < -0.39 is 0 Å². The fraction of sp³-hybridized carbons (Fsp3) is 0.357. The number of carbonyl (C=O) groups is 1. The molecule has 4 heteroatoms. The molecule has 0 saturated heterocycles. The molecule has 2 amide bonds. The molecule has 18 heavy (non-hydrogen) atoms. The van der Waals surface area contributed by atoms with E-state index in [1.165, 1.54) is 0 Å². The van der Waals surface area contributed by atoms with Crippen LogP contribution in [-0.2, 0) is 0 Å². The number of amides is 2. The van der Waals surface area contributed by atoms with Crippen LogP contribution in [0, 0.1) is 19.8 Å². The Morgan fingerprint density at radius 2 is 2.00 bits per heavy atom. The lowest BCUT2D eigenvalue weighted by atomic mass is 10.1. The summed E-state index contributed by atoms with van der Waals surface area (Å²) in [5.74, 6) is 0.398. The van der Waals surface area contributed by atoms with Crippen LogP contribution in [0.1, 0.15) is 25.0 Å². The highest BCUT2D eigenvalue weighted by Gasteiger charge is 2.08. The molecule has 0 unspecified atom stereocenters. The van der Waals surface area contributed by atoms with Crippen LogP contribution in [0.3, 0.4) is 0 Å². The predicted molar refractivity (Wildman–Crippen MR) is 77.1 cm³/mol. The standard InChI is InChI=1S/C14H19ClN2O/c1-9(2)5-6-16-14(18)17-13-11(4)7-10(3)8-12(13)15/h5-9H,1-4H3,(H2,16,17,18)/b6-5+. The summed E-state index contributed by atoms with van der Waals surface area (Å²) in [6.45, 7) is 7.96. The van der Waals surface area contributed by atoms with Gasteiger partial charge < -0.3 is 10.6 Å². The summed E-state index contributed by atoms with van der Waals surface area (Å²) in [6, 6.07) is 3.51. The van der Waals surface area contributed by atoms with Crippen molar-refractivity contribution in [3.8, 4) is 0 Å². The lowest BCUT2D eigenvalue weighted by molar-refractivity contribution is 0.255. The molecular formula is C14H19ClN2O. The van der Waals surface area contributed by atoms with Gasteiger partial charge in [0.25, 0.3) is 0 Å². The van der Waals surface area contributed by atoms with Crippen molar-refractivity contribution in [1.29, 1.82) is 0 Å². The third kappa shape index (κ3) is 4.41. The van der Waals surface area contributed by atoms with Gasteiger partial charge in [-0.3, -0.25) is 0 Å². The molecule has 0 radical (unpaired) electrons. The Labute approximate surface area is 113 Å². The monoisotopic (exact) mass is 266 g/mol. The molecule has 0 aromatic heterocycles. The molecule has 0 saturated carbocycles. The fourth-order valence-electron chi connectivity index (χ4n) is 1.54. The molecule has 0 aliphatic heterocycles. The second-order valence-electron chi connectivity index (χ2n) is 4.64. The lowest BCUT2D eigenvalue weighted by Gasteiger charge is -2.11. The Balaban J connectivity index is 2.71. The molecule has 0 fully saturated rings. The summed E-state index contributed by atoms with van der Waals surface area (Å²) in [7, 11) is 0. The molecule has 2 N–H and O–H groups in total. The maximum atomic E-state index is 11.7. The Hall–Kier alpha value is -1.48. The average Bonchev–Trinajstić information content (AvgIpc) is 2.22. The highest BCUT2D eigenvalue weighted by Crippen LogP contribution is 2.27. The normalized spacial score (nSPS) is 11.0. The number of hydrogen-bond donors (Lipinski definition) is 2. The van der Waals surface area contributed by atoms with Crippen LogP contribution in [0.2, 0.25) is 5.02 Å². The number of rotatable bonds is 3. The third-order valence-electron chi connectivity index (χ3n) is 2.37. The first-order valence-electron chi connectivity index (χ1n) is 5.91. The second-order valence-corrected chi connectivity index (χ2v) is 5.05. The molecule has 1 aromatic carbocycles. The number of nitrogens with one attached hydrogen (secondary N) is 2. The van der Waals surface area contributed by atoms with Gasteiger partial charge in [-0.2, -0.15) is 0 Å². The summed E-state index contributed by atoms with van der Waals surface area (Å²) >= 11 is 6.10. The topological polar surface area (TPSA) is 41.1 Å². The van der Waals surface area contributed by atoms with Crippen molar-refractivity contribution in [3.05, 3.63) is 40.6 Å². The minimum atomic E-state index is -0.291. The van der Waals surface area contributed by atoms with Gasteiger partial charge in [-0.1, -0.05) is 37.6 Å². The fourth-order valence-corrected chi connectivity index (χ4v) is 1.91. The quantitative estimate of drug-likeness (QED) is 0.844. The van der Waals surface area contributed by atoms with Crippen LogP contribution in [0.25, 0.3) is 0 Å². The Bertz CT molecular complexity index is 444. The first-order valence-corrected chi connectivity index (χ1v) is 6.29. The summed E-state index contributed by atoms with van der Waals surface area (Å²) in [5.41, 5.74) is 2.67. The molecule has 0 atom stereocenters. The van der Waals surface area contributed by atoms with Crippen molar-refractivity contribution < 1.29 is 4.79 Å². The molecule has 0 aliphatic carbocycles. The van der Waals surface area contributed by atoms with Gasteiger partial charge in [0.1, 0.15) is 0 Å². The molecule has 1 rings (SSSR count). The van der Waals surface area contributed by atoms with Crippen molar-refractivity contribution in [1.82, 2.24) is 5.32 Å². The van der Waals surface area contributed by atoms with Crippen molar-refractivity contribution in [3.63, 3.8) is 0 Å². The molecule has 0 bridgehead atoms. The predicted octanol–water partition coefficient (Wildman–Crippen LogP) is 4.25. The van der Waals surface area contributed by atoms with E-state index in [0.29, 0.717) is 16.6 Å². The first kappa shape index (κ1) is 14.6. The zero-order valence-electron chi connectivity index (χ0n) is 11.2. The minimum absolute atomic E-state index is 0.291. The molecular weight excluding hydrogens is 248 g/mol. The van der Waals surface area contributed by atoms with Crippen LogP contribution in [0.4, 0.5) is 10.5 Å². The maximum absolute atomic E-state index is 11.7. The van der Waals surface area contributed by atoms with Crippen molar-refractivity contribution in [2.24, 2.45) is 5.92 Å². The van der Waals surface area contributed by atoms with E-state index in [1.54, 1.807) is 6.20 Å². The van der Waals surface area contributed by atoms with Gasteiger partial charge in [-0.05, 0) is 37.0 Å². The number of hydrogen-bond acceptors (Lipinski definition) is 1. The Morgan fingerprint density at radius 1 is 1.33 bits per heavy atom. The number of anilines is 1. The van der Waals surface area contributed by atoms with Gasteiger partial charge in [0.15, 0.2) is 0 Å². The number of halogens is 1. The van der Waals surface area contributed by atoms with Crippen molar-refractivity contribution in [2.75, 3.05) is 5.32 Å². The second kappa shape index (κ2) is 6.45. The van der Waals surface area contributed by atoms with Crippen LogP contribution < -0.4 is 10.6 Å². The molecule has 3 nitrogen and oxygen atoms in total. The van der Waals surface area contributed by atoms with Crippen molar-refractivity contribution >= 4 is 23.3 Å². The van der Waals surface area contributed by atoms with Gasteiger partial charge in [0.2, 0.25) is 0 Å². The van der Waals surface area contributed by atoms with Gasteiger partial charge in [0.05, 0.1) is 10.7 Å². The van der Waals surface area contributed by atoms with Gasteiger partial charge in [-0.15, -0.1) is 0 Å². The molecule has 98 valence electrons. The minimum Gasteiger partial charge on any atom is -0.315 e. The Morgan fingerprint density at radius 3 is 2.56 bits per heavy atom. The maximum Gasteiger partial charge on any atom is 0.323 e. The van der Waals surface area contributed by atoms with E-state index in [9.17, 15) is 4.79 Å². The number of carbonyl (C=O) groups excluding carboxylic acids is 1. The van der Waals surface area contributed by atoms with Crippen LogP contribution in [0.15, 0.2) is 24.4 Å². The van der Waals surface area contributed by atoms with Gasteiger partial charge >= 0.3 is 6.03 Å². The van der Waals surface area contributed by atoms with Crippen LogP contribution in [-0.4, -0.2) is 6.03 Å². The largest absolute Gasteiger partial charge is 0.323 e. The zero-order valence-corrected chi connectivity index (χ0v) is 11.9. The van der Waals surface area contributed by atoms with E-state index >= 15 is 0 Å². The van der Waals surface area contributed by atoms with Crippen LogP contribution in [0.5, 0.6) is 0 Å². The summed E-state index contributed by atoms with van der Waals surface area (Å²) in [5, 5.41) is 5.94. The molecule has 0 spiro atoms. The van der Waals surface area contributed by atoms with E-state index in [2.05, 4.69) is 10.6 Å². The molecule has 1 aromatic rings. The number of urea groups is 1. The van der Waals surface area contributed by atoms with Crippen molar-refractivity contribution in [2.45, 2.75) is 27.7 Å². The third-order valence-corrected chi connectivity index (χ3v) is 2.66. The highest BCUT2D eigenvalue weighted by molar-refractivity contribution is 6.34. The van der Waals surface area contributed by atoms with E-state index in [4.69, 9.17) is 11.6 Å². The van der Waals surface area contributed by atoms with Gasteiger partial charge in [0, 0.05) is 6.20 Å². The Kier molecular flexibility index (Phi) is 5.23. The smallest absolute Gasteiger partial charge is 0.315 e. The highest BCUT2D eigenvalue weighted by atomic mass is 35.5. The van der Waals surface area contributed by atoms with E-state index in [0.717, 1.165) is 11.1 Å². The molecule has 0 aliphatic rings. The number of aryl methyl sites for hydroxylation is 2.